The van der Waals surface area contributed by atoms with Gasteiger partial charge in [-0.05, 0) is 43.2 Å². The highest BCUT2D eigenvalue weighted by molar-refractivity contribution is 5.51. The van der Waals surface area contributed by atoms with Gasteiger partial charge in [-0.3, -0.25) is 0 Å². The number of hydrogen-bond acceptors (Lipinski definition) is 6. The van der Waals surface area contributed by atoms with Gasteiger partial charge in [0, 0.05) is 42.3 Å². The van der Waals surface area contributed by atoms with Gasteiger partial charge in [0.25, 0.3) is 0 Å². The molecule has 1 aromatic rings. The van der Waals surface area contributed by atoms with Crippen LogP contribution in [0.5, 0.6) is 0 Å². The topological polar surface area (TPSA) is 117 Å². The molecule has 0 radical (unpaired) electrons. The first-order valence-electron chi connectivity index (χ1n) is 7.81. The molecule has 1 aromatic carbocycles. The zero-order chi connectivity index (χ0) is 16.7. The molecule has 0 saturated carbocycles. The Kier molecular flexibility index (Phi) is 6.04. The lowest BCUT2D eigenvalue weighted by molar-refractivity contribution is 0.188. The van der Waals surface area contributed by atoms with Gasteiger partial charge in [0.15, 0.2) is 0 Å². The highest BCUT2D eigenvalue weighted by Gasteiger charge is 2.22. The predicted octanol–water partition coefficient (Wildman–Crippen LogP) is 0.555. The van der Waals surface area contributed by atoms with E-state index in [0.717, 1.165) is 11.4 Å². The van der Waals surface area contributed by atoms with Gasteiger partial charge in [-0.25, -0.2) is 0 Å². The molecule has 0 aliphatic heterocycles. The number of nitrogen functional groups attached to an aromatic ring is 1. The Morgan fingerprint density at radius 2 is 1.87 bits per heavy atom. The zero-order valence-corrected chi connectivity index (χ0v) is 13.2. The van der Waals surface area contributed by atoms with Crippen molar-refractivity contribution in [3.8, 4) is 0 Å². The van der Waals surface area contributed by atoms with Crippen molar-refractivity contribution in [3.63, 3.8) is 0 Å². The van der Waals surface area contributed by atoms with E-state index >= 15 is 0 Å². The molecule has 2 unspecified atom stereocenters. The fraction of sp³-hybridized carbons (Fsp3) is 0.412. The first-order chi connectivity index (χ1) is 11.0. The molecule has 1 aliphatic carbocycles. The second kappa shape index (κ2) is 8.01. The number of anilines is 2. The van der Waals surface area contributed by atoms with Gasteiger partial charge in [0.2, 0.25) is 0 Å². The molecule has 8 N–H and O–H groups in total. The van der Waals surface area contributed by atoms with Gasteiger partial charge in [-0.1, -0.05) is 12.2 Å². The lowest BCUT2D eigenvalue weighted by atomic mass is 9.88. The van der Waals surface area contributed by atoms with E-state index in [4.69, 9.17) is 16.6 Å². The van der Waals surface area contributed by atoms with Crippen LogP contribution in [0.4, 0.5) is 11.4 Å². The first-order valence-corrected chi connectivity index (χ1v) is 7.81. The quantitative estimate of drug-likeness (QED) is 0.390. The van der Waals surface area contributed by atoms with Crippen molar-refractivity contribution < 1.29 is 10.2 Å². The lowest BCUT2D eigenvalue weighted by Crippen LogP contribution is -2.40. The fourth-order valence-electron chi connectivity index (χ4n) is 2.36. The van der Waals surface area contributed by atoms with E-state index in [2.05, 4.69) is 10.6 Å². The van der Waals surface area contributed by atoms with Crippen molar-refractivity contribution in [2.24, 2.45) is 5.73 Å². The van der Waals surface area contributed by atoms with Gasteiger partial charge in [-0.2, -0.15) is 0 Å². The van der Waals surface area contributed by atoms with Crippen molar-refractivity contribution >= 4 is 11.4 Å². The maximum Gasteiger partial charge on any atom is 0.0884 e. The Morgan fingerprint density at radius 3 is 2.48 bits per heavy atom. The molecule has 0 spiro atoms. The zero-order valence-electron chi connectivity index (χ0n) is 13.2. The number of hydrogen-bond donors (Lipinski definition) is 6. The second-order valence-corrected chi connectivity index (χ2v) is 5.94. The summed E-state index contributed by atoms with van der Waals surface area (Å²) in [6.07, 6.45) is 6.50. The molecule has 0 fully saturated rings. The van der Waals surface area contributed by atoms with Crippen molar-refractivity contribution in [2.75, 3.05) is 30.7 Å². The summed E-state index contributed by atoms with van der Waals surface area (Å²) in [6.45, 7) is 0.960. The lowest BCUT2D eigenvalue weighted by Gasteiger charge is -2.27. The maximum atomic E-state index is 10.0. The normalized spacial score (nSPS) is 21.6. The monoisotopic (exact) mass is 318 g/mol. The SMILES string of the molecule is Nc1ccc(NCC(O)CNC2=CCC(N)(CCO)C=C2)cc1. The molecule has 0 heterocycles. The van der Waals surface area contributed by atoms with Crippen LogP contribution in [0, 0.1) is 0 Å². The Morgan fingerprint density at radius 1 is 1.17 bits per heavy atom. The van der Waals surface area contributed by atoms with Crippen LogP contribution in [0.25, 0.3) is 0 Å². The van der Waals surface area contributed by atoms with E-state index in [0.29, 0.717) is 31.6 Å². The molecule has 0 aromatic heterocycles. The van der Waals surface area contributed by atoms with E-state index in [-0.39, 0.29) is 6.61 Å². The van der Waals surface area contributed by atoms with E-state index in [1.165, 1.54) is 0 Å². The van der Waals surface area contributed by atoms with Crippen LogP contribution in [0.15, 0.2) is 48.2 Å². The average Bonchev–Trinajstić information content (AvgIpc) is 2.54. The van der Waals surface area contributed by atoms with Gasteiger partial charge >= 0.3 is 0 Å². The Labute approximate surface area is 136 Å². The molecule has 0 bridgehead atoms. The summed E-state index contributed by atoms with van der Waals surface area (Å²) in [4.78, 5) is 0. The van der Waals surface area contributed by atoms with E-state index in [1.807, 2.05) is 42.5 Å². The van der Waals surface area contributed by atoms with Crippen molar-refractivity contribution in [1.29, 1.82) is 0 Å². The Bertz CT molecular complexity index is 556. The molecule has 0 amide bonds. The van der Waals surface area contributed by atoms with Gasteiger partial charge in [0.05, 0.1) is 6.10 Å². The molecule has 2 atom stereocenters. The molecule has 126 valence electrons. The Balaban J connectivity index is 1.71. The number of nitrogens with two attached hydrogens (primary N) is 2. The van der Waals surface area contributed by atoms with Crippen LogP contribution in [0.2, 0.25) is 0 Å². The van der Waals surface area contributed by atoms with Crippen LogP contribution in [-0.4, -0.2) is 41.6 Å². The minimum Gasteiger partial charge on any atom is -0.399 e. The van der Waals surface area contributed by atoms with Crippen molar-refractivity contribution in [3.05, 3.63) is 48.2 Å². The summed E-state index contributed by atoms with van der Waals surface area (Å²) in [5, 5.41) is 25.4. The number of benzene rings is 1. The van der Waals surface area contributed by atoms with Crippen LogP contribution in [0.1, 0.15) is 12.8 Å². The molecule has 23 heavy (non-hydrogen) atoms. The minimum absolute atomic E-state index is 0.0764. The van der Waals surface area contributed by atoms with Gasteiger partial charge in [-0.15, -0.1) is 0 Å². The third-order valence-corrected chi connectivity index (χ3v) is 3.87. The molecule has 6 nitrogen and oxygen atoms in total. The third kappa shape index (κ3) is 5.59. The highest BCUT2D eigenvalue weighted by atomic mass is 16.3. The average molecular weight is 318 g/mol. The molecule has 0 saturated heterocycles. The molecule has 2 rings (SSSR count). The highest BCUT2D eigenvalue weighted by Crippen LogP contribution is 2.20. The summed E-state index contributed by atoms with van der Waals surface area (Å²) < 4.78 is 0. The molecule has 6 heteroatoms. The first kappa shape index (κ1) is 17.3. The van der Waals surface area contributed by atoms with Crippen LogP contribution in [-0.2, 0) is 0 Å². The third-order valence-electron chi connectivity index (χ3n) is 3.87. The molecular formula is C17H26N4O2. The smallest absolute Gasteiger partial charge is 0.0884 e. The number of nitrogens with one attached hydrogen (secondary N) is 2. The van der Waals surface area contributed by atoms with Crippen molar-refractivity contribution in [1.82, 2.24) is 5.32 Å². The molecular weight excluding hydrogens is 292 g/mol. The van der Waals surface area contributed by atoms with Crippen LogP contribution >= 0.6 is 0 Å². The second-order valence-electron chi connectivity index (χ2n) is 5.94. The number of allylic oxidation sites excluding steroid dienone is 1. The van der Waals surface area contributed by atoms with Crippen molar-refractivity contribution in [2.45, 2.75) is 24.5 Å². The van der Waals surface area contributed by atoms with Gasteiger partial charge < -0.3 is 32.3 Å². The van der Waals surface area contributed by atoms with E-state index in [1.54, 1.807) is 0 Å². The number of rotatable bonds is 8. The number of aliphatic hydroxyl groups excluding tert-OH is 2. The van der Waals surface area contributed by atoms with Crippen LogP contribution < -0.4 is 22.1 Å². The van der Waals surface area contributed by atoms with E-state index < -0.39 is 11.6 Å². The fourth-order valence-corrected chi connectivity index (χ4v) is 2.36. The van der Waals surface area contributed by atoms with Crippen LogP contribution in [0.3, 0.4) is 0 Å². The Hall–Kier alpha value is -2.02. The van der Waals surface area contributed by atoms with E-state index in [9.17, 15) is 5.11 Å². The summed E-state index contributed by atoms with van der Waals surface area (Å²) in [5.74, 6) is 0. The number of aliphatic hydroxyl groups is 2. The summed E-state index contributed by atoms with van der Waals surface area (Å²) in [7, 11) is 0. The largest absolute Gasteiger partial charge is 0.399 e. The predicted molar refractivity (Wildman–Crippen MR) is 93.8 cm³/mol. The standard InChI is InChI=1S/C17H26N4O2/c18-13-1-3-14(4-2-13)20-11-16(23)12-21-15-5-7-17(19,8-6-15)9-10-22/h1-7,16,20-23H,8-12,18-19H2. The summed E-state index contributed by atoms with van der Waals surface area (Å²) >= 11 is 0. The maximum absolute atomic E-state index is 10.0. The van der Waals surface area contributed by atoms with Gasteiger partial charge in [0.1, 0.15) is 0 Å². The summed E-state index contributed by atoms with van der Waals surface area (Å²) in [6, 6.07) is 7.39. The molecule has 1 aliphatic rings. The minimum atomic E-state index is -0.524. The summed E-state index contributed by atoms with van der Waals surface area (Å²) in [5.41, 5.74) is 13.9.